The molecular weight excluding hydrogens is 280 g/mol. The van der Waals surface area contributed by atoms with E-state index in [1.54, 1.807) is 0 Å². The summed E-state index contributed by atoms with van der Waals surface area (Å²) in [4.78, 5) is 14.3. The van der Waals surface area contributed by atoms with E-state index in [0.717, 1.165) is 37.2 Å². The minimum atomic E-state index is -0.0369. The number of benzene rings is 1. The highest BCUT2D eigenvalue weighted by Crippen LogP contribution is 2.27. The average Bonchev–Trinajstić information content (AvgIpc) is 3.24. The molecule has 0 aliphatic carbocycles. The van der Waals surface area contributed by atoms with Gasteiger partial charge in [0.05, 0.1) is 18.8 Å². The van der Waals surface area contributed by atoms with Gasteiger partial charge in [0.1, 0.15) is 6.10 Å². The number of hydrogen-bond acceptors (Lipinski definition) is 4. The largest absolute Gasteiger partial charge is 0.365 e. The lowest BCUT2D eigenvalue weighted by atomic mass is 10.1. The second-order valence-electron chi connectivity index (χ2n) is 5.78. The molecule has 1 atom stereocenters. The Balaban J connectivity index is 1.56. The molecule has 1 aromatic carbocycles. The second-order valence-corrected chi connectivity index (χ2v) is 5.78. The van der Waals surface area contributed by atoms with Gasteiger partial charge < -0.3 is 9.64 Å². The Morgan fingerprint density at radius 1 is 1.18 bits per heavy atom. The standard InChI is InChI=1S/C16H18N4O2/c21-16(19-8-4-5-9-19)15-13-11-22-14(10-20(13)18-17-15)12-6-2-1-3-7-12/h1-3,6-7,14H,4-5,8-11H2. The van der Waals surface area contributed by atoms with Gasteiger partial charge in [0, 0.05) is 13.1 Å². The summed E-state index contributed by atoms with van der Waals surface area (Å²) in [7, 11) is 0. The molecule has 1 amide bonds. The van der Waals surface area contributed by atoms with Gasteiger partial charge in [-0.2, -0.15) is 0 Å². The first kappa shape index (κ1) is 13.5. The lowest BCUT2D eigenvalue weighted by Gasteiger charge is -2.24. The number of nitrogens with zero attached hydrogens (tertiary/aromatic N) is 4. The first-order valence-corrected chi connectivity index (χ1v) is 7.71. The summed E-state index contributed by atoms with van der Waals surface area (Å²) in [6.07, 6.45) is 2.11. The molecule has 0 spiro atoms. The number of likely N-dealkylation sites (tertiary alicyclic amines) is 1. The predicted molar refractivity (Wildman–Crippen MR) is 79.1 cm³/mol. The molecule has 22 heavy (non-hydrogen) atoms. The zero-order valence-electron chi connectivity index (χ0n) is 12.3. The van der Waals surface area contributed by atoms with E-state index in [1.807, 2.05) is 39.9 Å². The number of hydrogen-bond donors (Lipinski definition) is 0. The van der Waals surface area contributed by atoms with Crippen LogP contribution >= 0.6 is 0 Å². The fourth-order valence-electron chi connectivity index (χ4n) is 3.12. The first-order valence-electron chi connectivity index (χ1n) is 7.71. The van der Waals surface area contributed by atoms with Crippen molar-refractivity contribution in [3.05, 3.63) is 47.3 Å². The Bertz CT molecular complexity index is 677. The van der Waals surface area contributed by atoms with Gasteiger partial charge in [-0.05, 0) is 18.4 Å². The van der Waals surface area contributed by atoms with E-state index < -0.39 is 0 Å². The molecule has 2 aromatic rings. The molecular formula is C16H18N4O2. The molecule has 6 nitrogen and oxygen atoms in total. The maximum absolute atomic E-state index is 12.5. The van der Waals surface area contributed by atoms with E-state index in [0.29, 0.717) is 18.8 Å². The summed E-state index contributed by atoms with van der Waals surface area (Å²) in [6.45, 7) is 2.61. The van der Waals surface area contributed by atoms with E-state index in [4.69, 9.17) is 4.74 Å². The monoisotopic (exact) mass is 298 g/mol. The number of ether oxygens (including phenoxy) is 1. The van der Waals surface area contributed by atoms with Crippen LogP contribution in [0.25, 0.3) is 0 Å². The molecule has 0 N–H and O–H groups in total. The maximum atomic E-state index is 12.5. The second kappa shape index (κ2) is 5.53. The van der Waals surface area contributed by atoms with Gasteiger partial charge in [0.2, 0.25) is 0 Å². The smallest absolute Gasteiger partial charge is 0.276 e. The zero-order valence-corrected chi connectivity index (χ0v) is 12.3. The number of rotatable bonds is 2. The highest BCUT2D eigenvalue weighted by molar-refractivity contribution is 5.93. The Morgan fingerprint density at radius 2 is 1.95 bits per heavy atom. The third kappa shape index (κ3) is 2.29. The van der Waals surface area contributed by atoms with Crippen LogP contribution < -0.4 is 0 Å². The summed E-state index contributed by atoms with van der Waals surface area (Å²) in [5.41, 5.74) is 2.37. The number of amides is 1. The number of aromatic nitrogens is 3. The van der Waals surface area contributed by atoms with Gasteiger partial charge in [-0.25, -0.2) is 4.68 Å². The molecule has 1 fully saturated rings. The number of carbonyl (C=O) groups excluding carboxylic acids is 1. The van der Waals surface area contributed by atoms with Crippen LogP contribution in [0.2, 0.25) is 0 Å². The van der Waals surface area contributed by atoms with E-state index in [9.17, 15) is 4.79 Å². The van der Waals surface area contributed by atoms with Crippen LogP contribution in [0.3, 0.4) is 0 Å². The van der Waals surface area contributed by atoms with Crippen LogP contribution in [0.4, 0.5) is 0 Å². The van der Waals surface area contributed by atoms with E-state index in [2.05, 4.69) is 10.3 Å². The Kier molecular flexibility index (Phi) is 3.38. The van der Waals surface area contributed by atoms with Crippen molar-refractivity contribution in [1.82, 2.24) is 19.9 Å². The normalized spacial score (nSPS) is 20.9. The highest BCUT2D eigenvalue weighted by atomic mass is 16.5. The van der Waals surface area contributed by atoms with E-state index >= 15 is 0 Å². The van der Waals surface area contributed by atoms with Gasteiger partial charge in [-0.3, -0.25) is 4.79 Å². The van der Waals surface area contributed by atoms with Crippen molar-refractivity contribution in [1.29, 1.82) is 0 Å². The Morgan fingerprint density at radius 3 is 2.73 bits per heavy atom. The van der Waals surface area contributed by atoms with E-state index in [-0.39, 0.29) is 12.0 Å². The Hall–Kier alpha value is -2.21. The molecule has 1 unspecified atom stereocenters. The van der Waals surface area contributed by atoms with Gasteiger partial charge in [-0.15, -0.1) is 5.10 Å². The summed E-state index contributed by atoms with van der Waals surface area (Å²) in [5, 5.41) is 8.28. The van der Waals surface area contributed by atoms with Crippen molar-refractivity contribution in [2.24, 2.45) is 0 Å². The molecule has 3 heterocycles. The average molecular weight is 298 g/mol. The topological polar surface area (TPSA) is 60.3 Å². The molecule has 2 aliphatic heterocycles. The van der Waals surface area contributed by atoms with Crippen molar-refractivity contribution in [3.8, 4) is 0 Å². The summed E-state index contributed by atoms with van der Waals surface area (Å²) < 4.78 is 7.74. The van der Waals surface area contributed by atoms with E-state index in [1.165, 1.54) is 0 Å². The molecule has 0 saturated carbocycles. The van der Waals surface area contributed by atoms with Crippen molar-refractivity contribution >= 4 is 5.91 Å². The third-order valence-corrected chi connectivity index (χ3v) is 4.36. The first-order chi connectivity index (χ1) is 10.8. The molecule has 6 heteroatoms. The van der Waals surface area contributed by atoms with Crippen molar-refractivity contribution in [2.75, 3.05) is 13.1 Å². The molecule has 1 aromatic heterocycles. The van der Waals surface area contributed by atoms with Crippen LogP contribution in [0.5, 0.6) is 0 Å². The summed E-state index contributed by atoms with van der Waals surface area (Å²) in [6, 6.07) is 10.1. The molecule has 1 saturated heterocycles. The van der Waals surface area contributed by atoms with Gasteiger partial charge >= 0.3 is 0 Å². The predicted octanol–water partition coefficient (Wildman–Crippen LogP) is 1.79. The molecule has 4 rings (SSSR count). The van der Waals surface area contributed by atoms with Crippen molar-refractivity contribution in [2.45, 2.75) is 32.1 Å². The minimum Gasteiger partial charge on any atom is -0.365 e. The van der Waals surface area contributed by atoms with Crippen LogP contribution in [-0.2, 0) is 17.9 Å². The molecule has 0 radical (unpaired) electrons. The van der Waals surface area contributed by atoms with Crippen LogP contribution in [0.1, 0.15) is 40.7 Å². The molecule has 0 bridgehead atoms. The fourth-order valence-corrected chi connectivity index (χ4v) is 3.12. The van der Waals surface area contributed by atoms with Crippen molar-refractivity contribution < 1.29 is 9.53 Å². The third-order valence-electron chi connectivity index (χ3n) is 4.36. The summed E-state index contributed by atoms with van der Waals surface area (Å²) in [5.74, 6) is -0.0134. The Labute approximate surface area is 128 Å². The number of carbonyl (C=O) groups is 1. The lowest BCUT2D eigenvalue weighted by molar-refractivity contribution is -0.00191. The minimum absolute atomic E-state index is 0.0134. The van der Waals surface area contributed by atoms with Crippen molar-refractivity contribution in [3.63, 3.8) is 0 Å². The lowest BCUT2D eigenvalue weighted by Crippen LogP contribution is -2.30. The van der Waals surface area contributed by atoms with Gasteiger partial charge in [0.15, 0.2) is 5.69 Å². The van der Waals surface area contributed by atoms with Crippen LogP contribution in [0.15, 0.2) is 30.3 Å². The van der Waals surface area contributed by atoms with Gasteiger partial charge in [-0.1, -0.05) is 35.5 Å². The fraction of sp³-hybridized carbons (Fsp3) is 0.438. The highest BCUT2D eigenvalue weighted by Gasteiger charge is 2.30. The zero-order chi connectivity index (χ0) is 14.9. The number of fused-ring (bicyclic) bond motifs is 1. The molecule has 2 aliphatic rings. The quantitative estimate of drug-likeness (QED) is 0.848. The van der Waals surface area contributed by atoms with Crippen LogP contribution in [-0.4, -0.2) is 38.9 Å². The maximum Gasteiger partial charge on any atom is 0.276 e. The van der Waals surface area contributed by atoms with Crippen LogP contribution in [0, 0.1) is 0 Å². The SMILES string of the molecule is O=C(c1nnn2c1COC(c1ccccc1)C2)N1CCCC1. The molecule has 114 valence electrons. The van der Waals surface area contributed by atoms with Gasteiger partial charge in [0.25, 0.3) is 5.91 Å². The summed E-state index contributed by atoms with van der Waals surface area (Å²) >= 11 is 0.